The number of nitrogens with one attached hydrogen (secondary N) is 2. The number of hydrogen-bond acceptors (Lipinski definition) is 4. The highest BCUT2D eigenvalue weighted by Gasteiger charge is 2.27. The van der Waals surface area contributed by atoms with Crippen LogP contribution in [0.2, 0.25) is 0 Å². The van der Waals surface area contributed by atoms with Crippen molar-refractivity contribution in [2.45, 2.75) is 39.8 Å². The quantitative estimate of drug-likeness (QED) is 0.718. The molecule has 1 aliphatic rings. The Morgan fingerprint density at radius 1 is 1.10 bits per heavy atom. The first-order chi connectivity index (χ1) is 14.7. The van der Waals surface area contributed by atoms with Crippen LogP contribution in [0.25, 0.3) is 11.4 Å². The van der Waals surface area contributed by atoms with Crippen molar-refractivity contribution in [3.8, 4) is 11.4 Å². The molecule has 170 valence electrons. The normalized spacial score (nSPS) is 13.5. The molecule has 0 spiro atoms. The van der Waals surface area contributed by atoms with Gasteiger partial charge < -0.3 is 20.1 Å². The number of aromatic nitrogens is 2. The molecular weight excluding hydrogens is 411 g/mol. The summed E-state index contributed by atoms with van der Waals surface area (Å²) in [5.41, 5.74) is 0.320. The number of imidazole rings is 1. The minimum Gasteiger partial charge on any atom is -0.358 e. The molecule has 0 atom stereocenters. The highest BCUT2D eigenvalue weighted by atomic mass is 19.2. The van der Waals surface area contributed by atoms with E-state index in [1.165, 1.54) is 13.5 Å². The molecule has 1 aliphatic heterocycles. The first-order valence-corrected chi connectivity index (χ1v) is 10.1. The van der Waals surface area contributed by atoms with Crippen LogP contribution in [-0.2, 0) is 17.9 Å². The van der Waals surface area contributed by atoms with E-state index in [9.17, 15) is 22.8 Å². The maximum absolute atomic E-state index is 14.4. The van der Waals surface area contributed by atoms with Crippen molar-refractivity contribution in [3.63, 3.8) is 0 Å². The number of carbonyl (C=O) groups excluding carboxylic acids is 2. The van der Waals surface area contributed by atoms with Crippen LogP contribution in [-0.4, -0.2) is 53.5 Å². The zero-order valence-electron chi connectivity index (χ0n) is 18.2. The average Bonchev–Trinajstić information content (AvgIpc) is 2.95. The summed E-state index contributed by atoms with van der Waals surface area (Å²) in [6.45, 7) is 5.54. The lowest BCUT2D eigenvalue weighted by molar-refractivity contribution is -0.119. The standard InChI is InChI=1S/C18H20F3N5O2.C3H8/c1-22-15(27)8-23-18(28)16-14-9-25(2)4-3-5-26(14)17(24-16)10-6-12(20)13(21)7-11(10)19;1-3-2/h6-7H,3-5,8-9H2,1-2H3,(H,22,27)(H,23,28);3H2,1-2H3. The van der Waals surface area contributed by atoms with Crippen LogP contribution in [0.5, 0.6) is 0 Å². The maximum Gasteiger partial charge on any atom is 0.272 e. The maximum atomic E-state index is 14.4. The molecule has 0 radical (unpaired) electrons. The number of hydrogen-bond donors (Lipinski definition) is 2. The van der Waals surface area contributed by atoms with Crippen LogP contribution in [0.15, 0.2) is 12.1 Å². The highest BCUT2D eigenvalue weighted by Crippen LogP contribution is 2.29. The molecule has 0 bridgehead atoms. The summed E-state index contributed by atoms with van der Waals surface area (Å²) in [6.07, 6.45) is 1.96. The monoisotopic (exact) mass is 439 g/mol. The first-order valence-electron chi connectivity index (χ1n) is 10.1. The number of likely N-dealkylation sites (N-methyl/N-ethyl adjacent to an activating group) is 1. The molecule has 2 N–H and O–H groups in total. The molecule has 2 heterocycles. The Balaban J connectivity index is 0.00000107. The Hall–Kier alpha value is -2.88. The molecule has 0 saturated carbocycles. The van der Waals surface area contributed by atoms with Crippen molar-refractivity contribution < 1.29 is 22.8 Å². The molecule has 0 saturated heterocycles. The van der Waals surface area contributed by atoms with Gasteiger partial charge in [-0.3, -0.25) is 9.59 Å². The Morgan fingerprint density at radius 3 is 2.39 bits per heavy atom. The van der Waals surface area contributed by atoms with E-state index < -0.39 is 23.4 Å². The Bertz CT molecular complexity index is 946. The summed E-state index contributed by atoms with van der Waals surface area (Å²) in [7, 11) is 3.31. The van der Waals surface area contributed by atoms with Crippen molar-refractivity contribution >= 4 is 11.8 Å². The highest BCUT2D eigenvalue weighted by molar-refractivity contribution is 5.96. The molecule has 0 aliphatic carbocycles. The van der Waals surface area contributed by atoms with E-state index in [2.05, 4.69) is 29.5 Å². The molecule has 1 aromatic heterocycles. The van der Waals surface area contributed by atoms with Gasteiger partial charge in [-0.1, -0.05) is 20.3 Å². The number of rotatable bonds is 4. The third-order valence-electron chi connectivity index (χ3n) is 4.57. The molecule has 31 heavy (non-hydrogen) atoms. The van der Waals surface area contributed by atoms with Crippen molar-refractivity contribution in [1.29, 1.82) is 0 Å². The van der Waals surface area contributed by atoms with Crippen molar-refractivity contribution in [2.75, 3.05) is 27.2 Å². The zero-order valence-corrected chi connectivity index (χ0v) is 18.2. The molecule has 0 fully saturated rings. The van der Waals surface area contributed by atoms with Gasteiger partial charge >= 0.3 is 0 Å². The largest absolute Gasteiger partial charge is 0.358 e. The van der Waals surface area contributed by atoms with E-state index in [4.69, 9.17) is 0 Å². The zero-order chi connectivity index (χ0) is 23.1. The number of fused-ring (bicyclic) bond motifs is 1. The van der Waals surface area contributed by atoms with Gasteiger partial charge in [-0.25, -0.2) is 18.2 Å². The third kappa shape index (κ3) is 5.84. The predicted molar refractivity (Wildman–Crippen MR) is 111 cm³/mol. The van der Waals surface area contributed by atoms with E-state index in [0.29, 0.717) is 31.3 Å². The van der Waals surface area contributed by atoms with Crippen LogP contribution in [0.1, 0.15) is 42.9 Å². The molecular formula is C21H28F3N5O2. The van der Waals surface area contributed by atoms with Gasteiger partial charge in [0.25, 0.3) is 5.91 Å². The third-order valence-corrected chi connectivity index (χ3v) is 4.57. The number of nitrogens with zero attached hydrogens (tertiary/aromatic N) is 3. The summed E-state index contributed by atoms with van der Waals surface area (Å²) < 4.78 is 43.0. The molecule has 10 heteroatoms. The minimum absolute atomic E-state index is 0.0248. The van der Waals surface area contributed by atoms with Gasteiger partial charge in [-0.05, 0) is 26.1 Å². The topological polar surface area (TPSA) is 79.3 Å². The van der Waals surface area contributed by atoms with Gasteiger partial charge in [0.1, 0.15) is 11.6 Å². The van der Waals surface area contributed by atoms with Gasteiger partial charge in [-0.2, -0.15) is 0 Å². The van der Waals surface area contributed by atoms with Crippen LogP contribution < -0.4 is 10.6 Å². The summed E-state index contributed by atoms with van der Waals surface area (Å²) in [6, 6.07) is 1.20. The smallest absolute Gasteiger partial charge is 0.272 e. The fourth-order valence-corrected chi connectivity index (χ4v) is 3.14. The summed E-state index contributed by atoms with van der Waals surface area (Å²) >= 11 is 0. The van der Waals surface area contributed by atoms with Gasteiger partial charge in [0, 0.05) is 26.2 Å². The fraction of sp³-hybridized carbons (Fsp3) is 0.476. The lowest BCUT2D eigenvalue weighted by Gasteiger charge is -2.13. The lowest BCUT2D eigenvalue weighted by Crippen LogP contribution is -2.36. The second-order valence-electron chi connectivity index (χ2n) is 7.28. The first kappa shape index (κ1) is 24.4. The van der Waals surface area contributed by atoms with Crippen LogP contribution in [0.3, 0.4) is 0 Å². The lowest BCUT2D eigenvalue weighted by atomic mass is 10.2. The van der Waals surface area contributed by atoms with E-state index in [1.807, 2.05) is 11.9 Å². The molecule has 3 rings (SSSR count). The van der Waals surface area contributed by atoms with Crippen LogP contribution >= 0.6 is 0 Å². The SMILES string of the molecule is CCC.CNC(=O)CNC(=O)c1nc(-c2cc(F)c(F)cc2F)n2c1CN(C)CCC2. The number of halogens is 3. The Kier molecular flexibility index (Phi) is 8.61. The predicted octanol–water partition coefficient (Wildman–Crippen LogP) is 2.70. The van der Waals surface area contributed by atoms with Gasteiger partial charge in [-0.15, -0.1) is 0 Å². The average molecular weight is 439 g/mol. The number of benzene rings is 1. The summed E-state index contributed by atoms with van der Waals surface area (Å²) in [5.74, 6) is -4.41. The molecule has 2 aromatic rings. The van der Waals surface area contributed by atoms with E-state index in [-0.39, 0.29) is 29.5 Å². The van der Waals surface area contributed by atoms with Gasteiger partial charge in [0.15, 0.2) is 17.3 Å². The van der Waals surface area contributed by atoms with Gasteiger partial charge in [0.05, 0.1) is 17.8 Å². The van der Waals surface area contributed by atoms with Gasteiger partial charge in [0.2, 0.25) is 5.91 Å². The number of carbonyl (C=O) groups is 2. The second-order valence-corrected chi connectivity index (χ2v) is 7.28. The van der Waals surface area contributed by atoms with Crippen molar-refractivity contribution in [3.05, 3.63) is 41.0 Å². The Morgan fingerprint density at radius 2 is 1.74 bits per heavy atom. The fourth-order valence-electron chi connectivity index (χ4n) is 3.14. The minimum atomic E-state index is -1.30. The molecule has 1 aromatic carbocycles. The molecule has 0 unspecified atom stereocenters. The van der Waals surface area contributed by atoms with Crippen LogP contribution in [0.4, 0.5) is 13.2 Å². The van der Waals surface area contributed by atoms with Crippen molar-refractivity contribution in [1.82, 2.24) is 25.1 Å². The summed E-state index contributed by atoms with van der Waals surface area (Å²) in [5, 5.41) is 4.85. The Labute approximate surface area is 179 Å². The molecule has 2 amide bonds. The second kappa shape index (κ2) is 10.9. The van der Waals surface area contributed by atoms with E-state index in [0.717, 1.165) is 12.6 Å². The van der Waals surface area contributed by atoms with E-state index in [1.54, 1.807) is 4.57 Å². The number of amides is 2. The van der Waals surface area contributed by atoms with Crippen LogP contribution in [0, 0.1) is 17.5 Å². The van der Waals surface area contributed by atoms with E-state index >= 15 is 0 Å². The van der Waals surface area contributed by atoms with Crippen molar-refractivity contribution in [2.24, 2.45) is 0 Å². The molecule has 7 nitrogen and oxygen atoms in total. The summed E-state index contributed by atoms with van der Waals surface area (Å²) in [4.78, 5) is 30.2.